The smallest absolute Gasteiger partial charge is 0.373 e. The van der Waals surface area contributed by atoms with E-state index in [9.17, 15) is 14.4 Å². The number of carbonyl (C=O) groups excluding carboxylic acids is 3. The molecule has 0 atom stereocenters. The molecule has 1 aliphatic heterocycles. The van der Waals surface area contributed by atoms with E-state index in [2.05, 4.69) is 4.74 Å². The monoisotopic (exact) mass is 423 g/mol. The van der Waals surface area contributed by atoms with Crippen LogP contribution in [0.15, 0.2) is 57.9 Å². The number of methoxy groups -OCH3 is 2. The second-order valence-corrected chi connectivity index (χ2v) is 7.42. The van der Waals surface area contributed by atoms with Crippen molar-refractivity contribution in [2.75, 3.05) is 14.2 Å². The normalized spacial score (nSPS) is 15.3. The van der Waals surface area contributed by atoms with E-state index >= 15 is 0 Å². The Morgan fingerprint density at radius 2 is 1.90 bits per heavy atom. The molecular weight excluding hydrogens is 406 g/mol. The Kier molecular flexibility index (Phi) is 5.33. The van der Waals surface area contributed by atoms with Gasteiger partial charge < -0.3 is 13.9 Å². The van der Waals surface area contributed by atoms with Gasteiger partial charge in [-0.3, -0.25) is 14.5 Å². The van der Waals surface area contributed by atoms with Gasteiger partial charge in [0.05, 0.1) is 25.7 Å². The van der Waals surface area contributed by atoms with Gasteiger partial charge in [-0.1, -0.05) is 30.3 Å². The zero-order chi connectivity index (χ0) is 21.3. The van der Waals surface area contributed by atoms with Crippen LogP contribution in [0.25, 0.3) is 16.8 Å². The fraction of sp³-hybridized carbons (Fsp3) is 0.136. The van der Waals surface area contributed by atoms with E-state index in [1.54, 1.807) is 13.2 Å². The zero-order valence-electron chi connectivity index (χ0n) is 16.2. The van der Waals surface area contributed by atoms with Gasteiger partial charge in [-0.25, -0.2) is 4.79 Å². The van der Waals surface area contributed by atoms with E-state index in [1.807, 2.05) is 36.4 Å². The lowest BCUT2D eigenvalue weighted by Gasteiger charge is -2.11. The number of hydrogen-bond acceptors (Lipinski definition) is 7. The van der Waals surface area contributed by atoms with E-state index in [1.165, 1.54) is 19.2 Å². The Balaban J connectivity index is 1.65. The number of benzene rings is 2. The first-order chi connectivity index (χ1) is 14.5. The number of hydrogen-bond donors (Lipinski definition) is 0. The summed E-state index contributed by atoms with van der Waals surface area (Å²) in [5, 5.41) is 1.49. The second kappa shape index (κ2) is 8.08. The van der Waals surface area contributed by atoms with Gasteiger partial charge in [-0.15, -0.1) is 0 Å². The molecule has 0 saturated carbocycles. The summed E-state index contributed by atoms with van der Waals surface area (Å²) in [6, 6.07) is 14.5. The van der Waals surface area contributed by atoms with Crippen LogP contribution in [0.3, 0.4) is 0 Å². The fourth-order valence-corrected chi connectivity index (χ4v) is 4.02. The summed E-state index contributed by atoms with van der Waals surface area (Å²) in [5.41, 5.74) is 0.729. The van der Waals surface area contributed by atoms with Gasteiger partial charge in [0.25, 0.3) is 11.1 Å². The highest BCUT2D eigenvalue weighted by atomic mass is 32.2. The number of imide groups is 1. The molecule has 2 heterocycles. The van der Waals surface area contributed by atoms with Gasteiger partial charge in [0.15, 0.2) is 0 Å². The Hall–Kier alpha value is -3.52. The van der Waals surface area contributed by atoms with Gasteiger partial charge in [-0.05, 0) is 46.8 Å². The van der Waals surface area contributed by atoms with Gasteiger partial charge in [-0.2, -0.15) is 0 Å². The summed E-state index contributed by atoms with van der Waals surface area (Å²) in [4.78, 5) is 38.3. The number of rotatable bonds is 5. The molecule has 1 fully saturated rings. The number of furan rings is 1. The van der Waals surface area contributed by atoms with Crippen LogP contribution < -0.4 is 4.74 Å². The summed E-state index contributed by atoms with van der Waals surface area (Å²) in [5.74, 6) is -0.138. The summed E-state index contributed by atoms with van der Waals surface area (Å²) < 4.78 is 15.4. The first-order valence-electron chi connectivity index (χ1n) is 9.00. The number of carbonyl (C=O) groups is 3. The topological polar surface area (TPSA) is 86.0 Å². The van der Waals surface area contributed by atoms with Crippen LogP contribution in [-0.2, 0) is 16.1 Å². The molecule has 8 heteroatoms. The highest BCUT2D eigenvalue weighted by Gasteiger charge is 2.36. The van der Waals surface area contributed by atoms with Gasteiger partial charge in [0, 0.05) is 5.56 Å². The first kappa shape index (κ1) is 19.8. The van der Waals surface area contributed by atoms with Crippen molar-refractivity contribution in [3.8, 4) is 5.75 Å². The third-order valence-corrected chi connectivity index (χ3v) is 5.57. The minimum Gasteiger partial charge on any atom is -0.496 e. The minimum absolute atomic E-state index is 0.00973. The number of esters is 1. The third-order valence-electron chi connectivity index (χ3n) is 4.66. The lowest BCUT2D eigenvalue weighted by atomic mass is 10.0. The fourth-order valence-electron chi connectivity index (χ4n) is 3.20. The molecule has 0 spiro atoms. The summed E-state index contributed by atoms with van der Waals surface area (Å²) in [7, 11) is 2.80. The average molecular weight is 423 g/mol. The van der Waals surface area contributed by atoms with Crippen LogP contribution in [0.4, 0.5) is 4.79 Å². The molecule has 0 unspecified atom stereocenters. The maximum absolute atomic E-state index is 12.9. The van der Waals surface area contributed by atoms with Crippen LogP contribution in [0, 0.1) is 0 Å². The predicted octanol–water partition coefficient (Wildman–Crippen LogP) is 4.46. The lowest BCUT2D eigenvalue weighted by molar-refractivity contribution is -0.123. The number of fused-ring (bicyclic) bond motifs is 1. The van der Waals surface area contributed by atoms with Crippen molar-refractivity contribution in [3.63, 3.8) is 0 Å². The molecule has 0 radical (unpaired) electrons. The van der Waals surface area contributed by atoms with Gasteiger partial charge >= 0.3 is 5.97 Å². The number of amides is 2. The molecule has 1 saturated heterocycles. The maximum atomic E-state index is 12.9. The molecule has 7 nitrogen and oxygen atoms in total. The Bertz CT molecular complexity index is 1200. The Morgan fingerprint density at radius 3 is 2.67 bits per heavy atom. The maximum Gasteiger partial charge on any atom is 0.373 e. The molecule has 2 aromatic carbocycles. The third kappa shape index (κ3) is 3.57. The first-order valence-corrected chi connectivity index (χ1v) is 9.81. The van der Waals surface area contributed by atoms with Crippen LogP contribution in [-0.4, -0.2) is 36.2 Å². The molecule has 30 heavy (non-hydrogen) atoms. The Labute approximate surface area is 176 Å². The molecule has 0 bridgehead atoms. The summed E-state index contributed by atoms with van der Waals surface area (Å²) in [6.07, 6.45) is 1.67. The lowest BCUT2D eigenvalue weighted by Crippen LogP contribution is -2.27. The van der Waals surface area contributed by atoms with E-state index in [0.717, 1.165) is 33.0 Å². The van der Waals surface area contributed by atoms with Crippen molar-refractivity contribution >= 4 is 45.7 Å². The van der Waals surface area contributed by atoms with Gasteiger partial charge in [0.2, 0.25) is 5.76 Å². The highest BCUT2D eigenvalue weighted by molar-refractivity contribution is 8.18. The van der Waals surface area contributed by atoms with E-state index < -0.39 is 17.1 Å². The molecular formula is C22H17NO6S. The van der Waals surface area contributed by atoms with Crippen LogP contribution in [0.2, 0.25) is 0 Å². The van der Waals surface area contributed by atoms with Crippen LogP contribution in [0.1, 0.15) is 21.9 Å². The Morgan fingerprint density at radius 1 is 1.10 bits per heavy atom. The van der Waals surface area contributed by atoms with Crippen molar-refractivity contribution in [1.29, 1.82) is 0 Å². The number of nitrogens with zero attached hydrogens (tertiary/aromatic N) is 1. The predicted molar refractivity (Wildman–Crippen MR) is 112 cm³/mol. The second-order valence-electron chi connectivity index (χ2n) is 6.43. The molecule has 1 aromatic heterocycles. The standard InChI is InChI=1S/C22H17NO6S/c1-27-17-9-7-13-5-3-4-6-15(13)16(17)11-19-20(24)23(22(26)30-19)12-14-8-10-18(29-14)21(25)28-2/h3-11H,12H2,1-2H3/b19-11-. The zero-order valence-corrected chi connectivity index (χ0v) is 17.0. The quantitative estimate of drug-likeness (QED) is 0.442. The molecule has 1 aliphatic rings. The van der Waals surface area contributed by atoms with Crippen molar-refractivity contribution in [2.24, 2.45) is 0 Å². The molecule has 152 valence electrons. The van der Waals surface area contributed by atoms with Gasteiger partial charge in [0.1, 0.15) is 11.5 Å². The van der Waals surface area contributed by atoms with Crippen molar-refractivity contribution < 1.29 is 28.3 Å². The van der Waals surface area contributed by atoms with E-state index in [4.69, 9.17) is 9.15 Å². The van der Waals surface area contributed by atoms with E-state index in [0.29, 0.717) is 11.5 Å². The summed E-state index contributed by atoms with van der Waals surface area (Å²) in [6.45, 7) is -0.0777. The molecule has 2 amide bonds. The van der Waals surface area contributed by atoms with Crippen LogP contribution >= 0.6 is 11.8 Å². The van der Waals surface area contributed by atoms with Crippen molar-refractivity contribution in [3.05, 3.63) is 70.5 Å². The molecule has 3 aromatic rings. The molecule has 0 N–H and O–H groups in total. The van der Waals surface area contributed by atoms with E-state index in [-0.39, 0.29) is 17.2 Å². The number of ether oxygens (including phenoxy) is 2. The largest absolute Gasteiger partial charge is 0.496 e. The van der Waals surface area contributed by atoms with Crippen molar-refractivity contribution in [1.82, 2.24) is 4.90 Å². The SMILES string of the molecule is COC(=O)c1ccc(CN2C(=O)S/C(=C\c3c(OC)ccc4ccccc34)C2=O)o1. The average Bonchev–Trinajstić information content (AvgIpc) is 3.34. The van der Waals surface area contributed by atoms with Crippen molar-refractivity contribution in [2.45, 2.75) is 6.54 Å². The molecule has 0 aliphatic carbocycles. The minimum atomic E-state index is -0.627. The highest BCUT2D eigenvalue weighted by Crippen LogP contribution is 2.37. The summed E-state index contributed by atoms with van der Waals surface area (Å²) >= 11 is 0.851. The number of thioether (sulfide) groups is 1. The molecule has 4 rings (SSSR count). The van der Waals surface area contributed by atoms with Crippen LogP contribution in [0.5, 0.6) is 5.75 Å².